The lowest BCUT2D eigenvalue weighted by molar-refractivity contribution is 0.0612. The molecule has 0 aliphatic heterocycles. The van der Waals surface area contributed by atoms with E-state index in [4.69, 9.17) is 39.8 Å². The zero-order chi connectivity index (χ0) is 28.0. The second-order valence-corrected chi connectivity index (χ2v) is 16.5. The fourth-order valence-electron chi connectivity index (χ4n) is 4.94. The lowest BCUT2D eigenvalue weighted by atomic mass is 10.4. The molecular formula is C25H58O9Si3. The van der Waals surface area contributed by atoms with E-state index in [1.54, 1.807) is 21.3 Å². The van der Waals surface area contributed by atoms with Crippen LogP contribution < -0.4 is 0 Å². The van der Waals surface area contributed by atoms with Gasteiger partial charge in [0.05, 0.1) is 0 Å². The standard InChI is InChI=1S/C11H24O3Si.C8H18O3Si.C6H16O3Si/c1-4-12-15(13-5-2,14-6-3)11-9-7-8-10-11;1-9-12(10-2,11-3)8-6-4-5-7-8;1-4-7-10(8-5-2)9-6-3/h11H,4-10H2,1-3H3;8H,4-7H2,1-3H3;10H,4-6H2,1-3H3. The summed E-state index contributed by atoms with van der Waals surface area (Å²) in [6, 6.07) is 0. The van der Waals surface area contributed by atoms with Gasteiger partial charge in [-0.05, 0) is 67.2 Å². The predicted molar refractivity (Wildman–Crippen MR) is 154 cm³/mol. The Kier molecular flexibility index (Phi) is 23.2. The van der Waals surface area contributed by atoms with Crippen LogP contribution in [0.25, 0.3) is 0 Å². The summed E-state index contributed by atoms with van der Waals surface area (Å²) in [5.74, 6) is 0. The molecule has 2 rings (SSSR count). The number of hydrogen-bond donors (Lipinski definition) is 0. The van der Waals surface area contributed by atoms with Crippen molar-refractivity contribution >= 4 is 27.1 Å². The quantitative estimate of drug-likeness (QED) is 0.202. The Hall–Kier alpha value is 0.291. The molecule has 0 heterocycles. The predicted octanol–water partition coefficient (Wildman–Crippen LogP) is 5.60. The monoisotopic (exact) mass is 586 g/mol. The minimum Gasteiger partial charge on any atom is -0.377 e. The average molecular weight is 587 g/mol. The highest BCUT2D eigenvalue weighted by molar-refractivity contribution is 6.62. The molecule has 0 radical (unpaired) electrons. The fraction of sp³-hybridized carbons (Fsp3) is 1.00. The molecule has 0 unspecified atom stereocenters. The Morgan fingerprint density at radius 3 is 1.03 bits per heavy atom. The maximum Gasteiger partial charge on any atom is 0.504 e. The van der Waals surface area contributed by atoms with Crippen LogP contribution in [0.4, 0.5) is 0 Å². The van der Waals surface area contributed by atoms with Crippen molar-refractivity contribution in [3.63, 3.8) is 0 Å². The molecule has 2 saturated carbocycles. The van der Waals surface area contributed by atoms with Crippen molar-refractivity contribution in [3.8, 4) is 0 Å². The SMILES string of the molecule is CCO[SiH](OCC)OCC.CCO[Si](OCC)(OCC)C1CCCC1.CO[Si](OC)(OC)C1CCCC1. The lowest BCUT2D eigenvalue weighted by Crippen LogP contribution is -2.49. The van der Waals surface area contributed by atoms with Crippen LogP contribution in [-0.4, -0.2) is 88.1 Å². The molecule has 37 heavy (non-hydrogen) atoms. The van der Waals surface area contributed by atoms with Gasteiger partial charge in [0.15, 0.2) is 0 Å². The molecule has 0 aromatic carbocycles. The summed E-state index contributed by atoms with van der Waals surface area (Å²) in [5.41, 5.74) is 1.06. The third-order valence-electron chi connectivity index (χ3n) is 6.51. The molecule has 12 heteroatoms. The molecule has 2 aliphatic rings. The third-order valence-corrected chi connectivity index (χ3v) is 15.3. The molecule has 0 aromatic rings. The molecule has 224 valence electrons. The molecule has 2 aliphatic carbocycles. The van der Waals surface area contributed by atoms with Crippen molar-refractivity contribution in [2.75, 3.05) is 61.0 Å². The summed E-state index contributed by atoms with van der Waals surface area (Å²) in [4.78, 5) is 0. The zero-order valence-electron chi connectivity index (χ0n) is 25.3. The first-order valence-electron chi connectivity index (χ1n) is 14.3. The first kappa shape index (κ1) is 37.3. The average Bonchev–Trinajstić information content (AvgIpc) is 3.63. The summed E-state index contributed by atoms with van der Waals surface area (Å²) < 4.78 is 49.6. The summed E-state index contributed by atoms with van der Waals surface area (Å²) in [5, 5.41) is 0. The van der Waals surface area contributed by atoms with Gasteiger partial charge in [0, 0.05) is 72.1 Å². The van der Waals surface area contributed by atoms with Crippen LogP contribution in [0.5, 0.6) is 0 Å². The molecule has 0 aromatic heterocycles. The van der Waals surface area contributed by atoms with Crippen LogP contribution in [-0.2, 0) is 39.8 Å². The van der Waals surface area contributed by atoms with Crippen LogP contribution in [0.1, 0.15) is 92.9 Å². The van der Waals surface area contributed by atoms with E-state index in [-0.39, 0.29) is 0 Å². The normalized spacial score (nSPS) is 17.0. The Labute approximate surface area is 231 Å². The second kappa shape index (κ2) is 23.0. The van der Waals surface area contributed by atoms with E-state index < -0.39 is 27.1 Å². The fourth-order valence-corrected chi connectivity index (χ4v) is 11.9. The van der Waals surface area contributed by atoms with Crippen molar-refractivity contribution in [3.05, 3.63) is 0 Å². The highest BCUT2D eigenvalue weighted by atomic mass is 28.4. The lowest BCUT2D eigenvalue weighted by Gasteiger charge is -2.33. The molecule has 0 bridgehead atoms. The first-order chi connectivity index (χ1) is 17.9. The second-order valence-electron chi connectivity index (χ2n) is 8.74. The van der Waals surface area contributed by atoms with Crippen molar-refractivity contribution in [1.29, 1.82) is 0 Å². The highest BCUT2D eigenvalue weighted by Crippen LogP contribution is 2.40. The van der Waals surface area contributed by atoms with E-state index in [1.807, 2.05) is 41.5 Å². The Morgan fingerprint density at radius 2 is 0.784 bits per heavy atom. The topological polar surface area (TPSA) is 83.1 Å². The van der Waals surface area contributed by atoms with Gasteiger partial charge in [-0.2, -0.15) is 0 Å². The van der Waals surface area contributed by atoms with Crippen molar-refractivity contribution in [2.24, 2.45) is 0 Å². The molecule has 0 spiro atoms. The minimum atomic E-state index is -2.36. The van der Waals surface area contributed by atoms with E-state index >= 15 is 0 Å². The Morgan fingerprint density at radius 1 is 0.486 bits per heavy atom. The molecule has 0 N–H and O–H groups in total. The van der Waals surface area contributed by atoms with Gasteiger partial charge in [0.1, 0.15) is 0 Å². The third kappa shape index (κ3) is 13.5. The summed E-state index contributed by atoms with van der Waals surface area (Å²) >= 11 is 0. The smallest absolute Gasteiger partial charge is 0.377 e. The highest BCUT2D eigenvalue weighted by Gasteiger charge is 2.50. The van der Waals surface area contributed by atoms with Crippen LogP contribution in [0, 0.1) is 0 Å². The molecule has 2 fully saturated rings. The number of hydrogen-bond acceptors (Lipinski definition) is 9. The van der Waals surface area contributed by atoms with Gasteiger partial charge < -0.3 is 39.8 Å². The molecule has 9 nitrogen and oxygen atoms in total. The molecule has 0 amide bonds. The summed E-state index contributed by atoms with van der Waals surface area (Å²) in [6.45, 7) is 16.0. The largest absolute Gasteiger partial charge is 0.504 e. The van der Waals surface area contributed by atoms with Gasteiger partial charge in [-0.1, -0.05) is 25.7 Å². The molecule has 0 saturated heterocycles. The molecular weight excluding hydrogens is 529 g/mol. The Bertz CT molecular complexity index is 464. The van der Waals surface area contributed by atoms with Crippen LogP contribution in [0.3, 0.4) is 0 Å². The van der Waals surface area contributed by atoms with Gasteiger partial charge >= 0.3 is 27.1 Å². The van der Waals surface area contributed by atoms with Crippen molar-refractivity contribution < 1.29 is 39.8 Å². The van der Waals surface area contributed by atoms with Crippen LogP contribution >= 0.6 is 0 Å². The number of rotatable bonds is 17. The van der Waals surface area contributed by atoms with Gasteiger partial charge in [0.2, 0.25) is 0 Å². The van der Waals surface area contributed by atoms with E-state index in [1.165, 1.54) is 51.4 Å². The van der Waals surface area contributed by atoms with Gasteiger partial charge in [0.25, 0.3) is 0 Å². The zero-order valence-corrected chi connectivity index (χ0v) is 28.5. The van der Waals surface area contributed by atoms with Gasteiger partial charge in [-0.15, -0.1) is 0 Å². The van der Waals surface area contributed by atoms with Crippen molar-refractivity contribution in [1.82, 2.24) is 0 Å². The molecule has 0 atom stereocenters. The minimum absolute atomic E-state index is 0.525. The van der Waals surface area contributed by atoms with E-state index in [0.717, 1.165) is 0 Å². The summed E-state index contributed by atoms with van der Waals surface area (Å²) in [6.07, 6.45) is 9.99. The van der Waals surface area contributed by atoms with Gasteiger partial charge in [-0.3, -0.25) is 0 Å². The van der Waals surface area contributed by atoms with Crippen LogP contribution in [0.2, 0.25) is 11.1 Å². The van der Waals surface area contributed by atoms with E-state index in [9.17, 15) is 0 Å². The van der Waals surface area contributed by atoms with Crippen LogP contribution in [0.15, 0.2) is 0 Å². The van der Waals surface area contributed by atoms with E-state index in [2.05, 4.69) is 0 Å². The maximum absolute atomic E-state index is 5.89. The Balaban J connectivity index is 0.000000538. The van der Waals surface area contributed by atoms with E-state index in [0.29, 0.717) is 50.7 Å². The first-order valence-corrected chi connectivity index (χ1v) is 19.4. The van der Waals surface area contributed by atoms with Gasteiger partial charge in [-0.25, -0.2) is 0 Å². The summed E-state index contributed by atoms with van der Waals surface area (Å²) in [7, 11) is -1.30. The van der Waals surface area contributed by atoms with Crippen molar-refractivity contribution in [2.45, 2.75) is 104 Å². The maximum atomic E-state index is 5.89.